The summed E-state index contributed by atoms with van der Waals surface area (Å²) in [5, 5.41) is 4.50. The summed E-state index contributed by atoms with van der Waals surface area (Å²) in [5.74, 6) is 0.549. The molecule has 28 heavy (non-hydrogen) atoms. The summed E-state index contributed by atoms with van der Waals surface area (Å²) in [5.41, 5.74) is 1.84. The van der Waals surface area contributed by atoms with E-state index < -0.39 is 0 Å². The van der Waals surface area contributed by atoms with Gasteiger partial charge in [0.2, 0.25) is 5.91 Å². The first kappa shape index (κ1) is 20.0. The molecule has 0 aliphatic rings. The van der Waals surface area contributed by atoms with Gasteiger partial charge < -0.3 is 14.6 Å². The summed E-state index contributed by atoms with van der Waals surface area (Å²) in [6.07, 6.45) is 1.72. The Morgan fingerprint density at radius 3 is 2.68 bits per heavy atom. The molecule has 0 fully saturated rings. The molecule has 1 N–H and O–H groups in total. The van der Waals surface area contributed by atoms with Crippen LogP contribution in [0.4, 0.5) is 0 Å². The van der Waals surface area contributed by atoms with Crippen LogP contribution < -0.4 is 15.6 Å². The Morgan fingerprint density at radius 2 is 1.89 bits per heavy atom. The highest BCUT2D eigenvalue weighted by atomic mass is 35.5. The number of rotatable bonds is 8. The van der Waals surface area contributed by atoms with Gasteiger partial charge in [0.1, 0.15) is 5.75 Å². The molecule has 6 heteroatoms. The maximum atomic E-state index is 12.1. The molecule has 0 atom stereocenters. The normalized spacial score (nSPS) is 10.8. The molecule has 146 valence electrons. The molecular weight excluding hydrogens is 376 g/mol. The number of amides is 1. The molecular formula is C22H23ClN2O3. The van der Waals surface area contributed by atoms with Gasteiger partial charge in [-0.05, 0) is 42.7 Å². The Labute approximate surface area is 168 Å². The second-order valence-corrected chi connectivity index (χ2v) is 7.04. The Bertz CT molecular complexity index is 1010. The monoisotopic (exact) mass is 398 g/mol. The molecule has 2 aromatic carbocycles. The van der Waals surface area contributed by atoms with Crippen molar-refractivity contribution in [3.63, 3.8) is 0 Å². The molecule has 3 aromatic rings. The minimum absolute atomic E-state index is 0.00797. The predicted molar refractivity (Wildman–Crippen MR) is 112 cm³/mol. The van der Waals surface area contributed by atoms with Crippen LogP contribution in [-0.4, -0.2) is 23.6 Å². The van der Waals surface area contributed by atoms with Crippen LogP contribution in [-0.2, 0) is 18.3 Å². The minimum Gasteiger partial charge on any atom is -0.493 e. The minimum atomic E-state index is -0.117. The number of ether oxygens (including phenoxy) is 1. The molecule has 0 aliphatic heterocycles. The van der Waals surface area contributed by atoms with Gasteiger partial charge in [-0.3, -0.25) is 9.59 Å². The molecule has 5 nitrogen and oxygen atoms in total. The van der Waals surface area contributed by atoms with Crippen molar-refractivity contribution in [1.82, 2.24) is 9.88 Å². The summed E-state index contributed by atoms with van der Waals surface area (Å²) in [4.78, 5) is 24.0. The molecule has 0 aliphatic carbocycles. The Kier molecular flexibility index (Phi) is 6.71. The van der Waals surface area contributed by atoms with E-state index in [0.717, 1.165) is 22.9 Å². The number of pyridine rings is 1. The lowest BCUT2D eigenvalue weighted by molar-refractivity contribution is -0.121. The second-order valence-electron chi connectivity index (χ2n) is 6.60. The zero-order valence-electron chi connectivity index (χ0n) is 15.8. The third-order valence-electron chi connectivity index (χ3n) is 4.57. The maximum absolute atomic E-state index is 12.1. The van der Waals surface area contributed by atoms with Gasteiger partial charge in [-0.25, -0.2) is 0 Å². The molecule has 3 rings (SSSR count). The number of fused-ring (bicyclic) bond motifs is 1. The molecule has 0 unspecified atom stereocenters. The molecule has 0 spiro atoms. The Hall–Kier alpha value is -2.79. The van der Waals surface area contributed by atoms with Crippen molar-refractivity contribution >= 4 is 28.4 Å². The van der Waals surface area contributed by atoms with Gasteiger partial charge in [0.25, 0.3) is 5.56 Å². The fourth-order valence-corrected chi connectivity index (χ4v) is 3.13. The fourth-order valence-electron chi connectivity index (χ4n) is 3.00. The Morgan fingerprint density at radius 1 is 1.14 bits per heavy atom. The van der Waals surface area contributed by atoms with Crippen molar-refractivity contribution in [1.29, 1.82) is 0 Å². The first-order chi connectivity index (χ1) is 13.5. The van der Waals surface area contributed by atoms with Gasteiger partial charge in [0.15, 0.2) is 0 Å². The average molecular weight is 399 g/mol. The van der Waals surface area contributed by atoms with Crippen molar-refractivity contribution in [3.8, 4) is 5.75 Å². The SMILES string of the molecule is Cn1c(=O)cc(OCCCC(=O)NCCc2ccc(Cl)cc2)c2ccccc21. The predicted octanol–water partition coefficient (Wildman–Crippen LogP) is 3.71. The van der Waals surface area contributed by atoms with Gasteiger partial charge in [-0.2, -0.15) is 0 Å². The molecule has 1 aromatic heterocycles. The summed E-state index contributed by atoms with van der Waals surface area (Å²) in [6.45, 7) is 0.961. The van der Waals surface area contributed by atoms with Crippen molar-refractivity contribution in [2.75, 3.05) is 13.2 Å². The van der Waals surface area contributed by atoms with E-state index in [4.69, 9.17) is 16.3 Å². The van der Waals surface area contributed by atoms with E-state index in [1.807, 2.05) is 48.5 Å². The van der Waals surface area contributed by atoms with E-state index in [-0.39, 0.29) is 11.5 Å². The van der Waals surface area contributed by atoms with E-state index in [9.17, 15) is 9.59 Å². The van der Waals surface area contributed by atoms with Crippen molar-refractivity contribution in [2.24, 2.45) is 7.05 Å². The van der Waals surface area contributed by atoms with Gasteiger partial charge in [0, 0.05) is 36.5 Å². The molecule has 1 amide bonds. The number of benzene rings is 2. The number of carbonyl (C=O) groups is 1. The largest absolute Gasteiger partial charge is 0.493 e. The lowest BCUT2D eigenvalue weighted by Crippen LogP contribution is -2.25. The average Bonchev–Trinajstić information content (AvgIpc) is 2.70. The molecule has 0 saturated carbocycles. The van der Waals surface area contributed by atoms with Crippen LogP contribution >= 0.6 is 11.6 Å². The zero-order chi connectivity index (χ0) is 19.9. The van der Waals surface area contributed by atoms with Crippen molar-refractivity contribution < 1.29 is 9.53 Å². The first-order valence-corrected chi connectivity index (χ1v) is 9.65. The summed E-state index contributed by atoms with van der Waals surface area (Å²) in [6, 6.07) is 16.7. The van der Waals surface area contributed by atoms with Crippen molar-refractivity contribution in [3.05, 3.63) is 75.5 Å². The van der Waals surface area contributed by atoms with Crippen molar-refractivity contribution in [2.45, 2.75) is 19.3 Å². The quantitative estimate of drug-likeness (QED) is 0.588. The first-order valence-electron chi connectivity index (χ1n) is 9.27. The number of nitrogens with zero attached hydrogens (tertiary/aromatic N) is 1. The highest BCUT2D eigenvalue weighted by molar-refractivity contribution is 6.30. The van der Waals surface area contributed by atoms with Crippen LogP contribution in [0, 0.1) is 0 Å². The number of halogens is 1. The van der Waals surface area contributed by atoms with Gasteiger partial charge in [-0.1, -0.05) is 35.9 Å². The van der Waals surface area contributed by atoms with E-state index in [1.54, 1.807) is 11.6 Å². The highest BCUT2D eigenvalue weighted by Crippen LogP contribution is 2.23. The lowest BCUT2D eigenvalue weighted by atomic mass is 10.1. The Balaban J connectivity index is 1.44. The molecule has 0 radical (unpaired) electrons. The number of nitrogens with one attached hydrogen (secondary N) is 1. The number of aryl methyl sites for hydroxylation is 1. The zero-order valence-corrected chi connectivity index (χ0v) is 16.5. The van der Waals surface area contributed by atoms with Crippen LogP contribution in [0.15, 0.2) is 59.4 Å². The van der Waals surface area contributed by atoms with E-state index in [1.165, 1.54) is 6.07 Å². The van der Waals surface area contributed by atoms with Crippen LogP contribution in [0.25, 0.3) is 10.9 Å². The number of hydrogen-bond acceptors (Lipinski definition) is 3. The van der Waals surface area contributed by atoms with Gasteiger partial charge >= 0.3 is 0 Å². The fraction of sp³-hybridized carbons (Fsp3) is 0.273. The maximum Gasteiger partial charge on any atom is 0.254 e. The standard InChI is InChI=1S/C22H23ClN2O3/c1-25-19-6-3-2-5-18(19)20(15-22(25)27)28-14-4-7-21(26)24-13-12-16-8-10-17(23)11-9-16/h2-3,5-6,8-11,15H,4,7,12-14H2,1H3,(H,24,26). The molecule has 0 saturated heterocycles. The molecule has 1 heterocycles. The topological polar surface area (TPSA) is 60.3 Å². The number of para-hydroxylation sites is 1. The third-order valence-corrected chi connectivity index (χ3v) is 4.82. The van der Waals surface area contributed by atoms with Crippen LogP contribution in [0.2, 0.25) is 5.02 Å². The lowest BCUT2D eigenvalue weighted by Gasteiger charge is -2.11. The van der Waals surface area contributed by atoms with E-state index in [0.29, 0.717) is 36.8 Å². The number of aromatic nitrogens is 1. The van der Waals surface area contributed by atoms with E-state index in [2.05, 4.69) is 5.32 Å². The van der Waals surface area contributed by atoms with Gasteiger partial charge in [0.05, 0.1) is 12.1 Å². The summed E-state index contributed by atoms with van der Waals surface area (Å²) < 4.78 is 7.38. The van der Waals surface area contributed by atoms with Crippen LogP contribution in [0.3, 0.4) is 0 Å². The smallest absolute Gasteiger partial charge is 0.254 e. The van der Waals surface area contributed by atoms with Crippen LogP contribution in [0.5, 0.6) is 5.75 Å². The highest BCUT2D eigenvalue weighted by Gasteiger charge is 2.08. The van der Waals surface area contributed by atoms with Crippen LogP contribution in [0.1, 0.15) is 18.4 Å². The number of hydrogen-bond donors (Lipinski definition) is 1. The van der Waals surface area contributed by atoms with E-state index >= 15 is 0 Å². The third kappa shape index (κ3) is 5.14. The number of carbonyl (C=O) groups excluding carboxylic acids is 1. The summed E-state index contributed by atoms with van der Waals surface area (Å²) in [7, 11) is 1.74. The van der Waals surface area contributed by atoms with Gasteiger partial charge in [-0.15, -0.1) is 0 Å². The molecule has 0 bridgehead atoms. The summed E-state index contributed by atoms with van der Waals surface area (Å²) >= 11 is 5.86. The second kappa shape index (κ2) is 9.42.